The highest BCUT2D eigenvalue weighted by Gasteiger charge is 2.20. The molecule has 1 unspecified atom stereocenters. The number of hydrogen-bond donors (Lipinski definition) is 2. The zero-order valence-electron chi connectivity index (χ0n) is 15.5. The number of rotatable bonds is 5. The summed E-state index contributed by atoms with van der Waals surface area (Å²) in [6, 6.07) is 8.39. The van der Waals surface area contributed by atoms with Crippen molar-refractivity contribution in [1.29, 1.82) is 0 Å². The van der Waals surface area contributed by atoms with Crippen LogP contribution in [-0.4, -0.2) is 34.3 Å². The summed E-state index contributed by atoms with van der Waals surface area (Å²) in [5.41, 5.74) is 6.06. The molecule has 27 heavy (non-hydrogen) atoms. The van der Waals surface area contributed by atoms with Crippen molar-refractivity contribution >= 4 is 23.7 Å². The second-order valence-corrected chi connectivity index (χ2v) is 6.94. The second-order valence-electron chi connectivity index (χ2n) is 6.94. The van der Waals surface area contributed by atoms with Crippen LogP contribution in [0.2, 0.25) is 0 Å². The van der Waals surface area contributed by atoms with Gasteiger partial charge in [0.1, 0.15) is 0 Å². The van der Waals surface area contributed by atoms with Crippen LogP contribution >= 0.6 is 0 Å². The van der Waals surface area contributed by atoms with E-state index in [-0.39, 0.29) is 0 Å². The van der Waals surface area contributed by atoms with Crippen LogP contribution in [0.1, 0.15) is 49.7 Å². The number of H-pyrrole nitrogens is 1. The Kier molecular flexibility index (Phi) is 5.00. The highest BCUT2D eigenvalue weighted by molar-refractivity contribution is 6.12. The molecule has 0 radical (unpaired) electrons. The summed E-state index contributed by atoms with van der Waals surface area (Å²) in [6.45, 7) is 3.95. The molecule has 2 aliphatic rings. The quantitative estimate of drug-likeness (QED) is 0.629. The first kappa shape index (κ1) is 17.5. The molecule has 1 fully saturated rings. The predicted molar refractivity (Wildman–Crippen MR) is 108 cm³/mol. The van der Waals surface area contributed by atoms with Gasteiger partial charge in [0.15, 0.2) is 0 Å². The van der Waals surface area contributed by atoms with Gasteiger partial charge >= 0.3 is 5.69 Å². The van der Waals surface area contributed by atoms with Crippen LogP contribution in [0.15, 0.2) is 40.2 Å². The normalized spacial score (nSPS) is 19.2. The third-order valence-corrected chi connectivity index (χ3v) is 5.14. The number of nitrogens with zero attached hydrogens (tertiary/aromatic N) is 4. The maximum atomic E-state index is 11.9. The van der Waals surface area contributed by atoms with Crippen molar-refractivity contribution < 1.29 is 0 Å². The van der Waals surface area contributed by atoms with Crippen LogP contribution in [-0.2, 0) is 0 Å². The van der Waals surface area contributed by atoms with Crippen LogP contribution < -0.4 is 16.0 Å². The maximum absolute atomic E-state index is 11.9. The fraction of sp³-hybridized carbons (Fsp3) is 0.400. The van der Waals surface area contributed by atoms with Gasteiger partial charge in [-0.2, -0.15) is 15.1 Å². The number of hydrazone groups is 1. The minimum atomic E-state index is -0.417. The average molecular weight is 364 g/mol. The molecule has 4 rings (SSSR count). The minimum absolute atomic E-state index is 0.311. The largest absolute Gasteiger partial charge is 0.351 e. The van der Waals surface area contributed by atoms with Crippen molar-refractivity contribution in [2.75, 3.05) is 23.4 Å². The number of hydrogen-bond acceptors (Lipinski definition) is 6. The van der Waals surface area contributed by atoms with Crippen LogP contribution in [0.4, 0.5) is 11.9 Å². The molecule has 2 N–H and O–H groups in total. The molecule has 140 valence electrons. The summed E-state index contributed by atoms with van der Waals surface area (Å²) in [7, 11) is 0. The number of benzene rings is 1. The summed E-state index contributed by atoms with van der Waals surface area (Å²) in [4.78, 5) is 24.9. The number of aromatic amines is 1. The lowest BCUT2D eigenvalue weighted by atomic mass is 9.98. The molecule has 2 aromatic rings. The van der Waals surface area contributed by atoms with E-state index in [4.69, 9.17) is 0 Å². The van der Waals surface area contributed by atoms with Crippen LogP contribution in [0, 0.1) is 0 Å². The standard InChI is InChI=1S/C20H24N6O/c1-2-14-12-15(17-9-5-4-8-16(14)17)13-21-25-18-22-19(24-20(27)23-18)26-10-6-3-7-11-26/h4-5,8-9,12-14H,2-3,6-7,10-11H2,1H3,(H2,22,23,24,25,27)/b21-13+. The van der Waals surface area contributed by atoms with E-state index in [9.17, 15) is 4.79 Å². The van der Waals surface area contributed by atoms with Crippen molar-refractivity contribution in [3.8, 4) is 0 Å². The molecule has 0 amide bonds. The third kappa shape index (κ3) is 3.77. The summed E-state index contributed by atoms with van der Waals surface area (Å²) in [5, 5.41) is 4.30. The summed E-state index contributed by atoms with van der Waals surface area (Å²) in [5.74, 6) is 1.20. The summed E-state index contributed by atoms with van der Waals surface area (Å²) < 4.78 is 0. The zero-order valence-corrected chi connectivity index (χ0v) is 15.5. The van der Waals surface area contributed by atoms with Crippen LogP contribution in [0.25, 0.3) is 5.57 Å². The van der Waals surface area contributed by atoms with E-state index in [1.54, 1.807) is 6.21 Å². The number of nitrogens with one attached hydrogen (secondary N) is 2. The Morgan fingerprint density at radius 3 is 2.89 bits per heavy atom. The van der Waals surface area contributed by atoms with Gasteiger partial charge in [-0.05, 0) is 42.4 Å². The lowest BCUT2D eigenvalue weighted by Gasteiger charge is -2.26. The van der Waals surface area contributed by atoms with E-state index >= 15 is 0 Å². The predicted octanol–water partition coefficient (Wildman–Crippen LogP) is 3.14. The lowest BCUT2D eigenvalue weighted by molar-refractivity contribution is 0.566. The molecule has 1 aromatic heterocycles. The van der Waals surface area contributed by atoms with Gasteiger partial charge in [-0.25, -0.2) is 10.2 Å². The van der Waals surface area contributed by atoms with E-state index in [0.29, 0.717) is 17.8 Å². The van der Waals surface area contributed by atoms with E-state index in [1.807, 2.05) is 6.07 Å². The fourth-order valence-corrected chi connectivity index (χ4v) is 3.75. The highest BCUT2D eigenvalue weighted by Crippen LogP contribution is 2.36. The Balaban J connectivity index is 1.50. The van der Waals surface area contributed by atoms with Crippen molar-refractivity contribution in [2.45, 2.75) is 38.5 Å². The van der Waals surface area contributed by atoms with E-state index in [1.165, 1.54) is 17.5 Å². The molecule has 2 heterocycles. The fourth-order valence-electron chi connectivity index (χ4n) is 3.75. The SMILES string of the molecule is CCC1C=C(/C=N/Nc2nc(N3CCCCC3)nc(=O)[nH]2)c2ccccc21. The topological polar surface area (TPSA) is 86.3 Å². The molecule has 1 atom stereocenters. The zero-order chi connectivity index (χ0) is 18.6. The molecule has 7 heteroatoms. The Bertz CT molecular complexity index is 926. The van der Waals surface area contributed by atoms with E-state index < -0.39 is 5.69 Å². The average Bonchev–Trinajstić information content (AvgIpc) is 3.06. The van der Waals surface area contributed by atoms with Gasteiger partial charge in [0.2, 0.25) is 11.9 Å². The Morgan fingerprint density at radius 1 is 1.26 bits per heavy atom. The van der Waals surface area contributed by atoms with Crippen molar-refractivity contribution in [3.05, 3.63) is 52.0 Å². The van der Waals surface area contributed by atoms with Gasteiger partial charge in [-0.3, -0.25) is 4.98 Å². The molecule has 0 bridgehead atoms. The molecule has 1 saturated heterocycles. The van der Waals surface area contributed by atoms with Crippen LogP contribution in [0.5, 0.6) is 0 Å². The molecule has 0 spiro atoms. The van der Waals surface area contributed by atoms with Gasteiger partial charge in [0.05, 0.1) is 6.21 Å². The summed E-state index contributed by atoms with van der Waals surface area (Å²) in [6.07, 6.45) is 8.49. The molecule has 0 saturated carbocycles. The number of piperidine rings is 1. The Morgan fingerprint density at radius 2 is 2.07 bits per heavy atom. The smallest absolute Gasteiger partial charge is 0.341 e. The number of allylic oxidation sites excluding steroid dienone is 2. The highest BCUT2D eigenvalue weighted by atomic mass is 16.1. The van der Waals surface area contributed by atoms with Gasteiger partial charge in [0, 0.05) is 19.0 Å². The molecular weight excluding hydrogens is 340 g/mol. The van der Waals surface area contributed by atoms with E-state index in [2.05, 4.69) is 61.6 Å². The number of aromatic nitrogens is 3. The molecule has 7 nitrogen and oxygen atoms in total. The summed E-state index contributed by atoms with van der Waals surface area (Å²) >= 11 is 0. The number of anilines is 2. The second kappa shape index (κ2) is 7.73. The van der Waals surface area contributed by atoms with Gasteiger partial charge in [0.25, 0.3) is 0 Å². The maximum Gasteiger partial charge on any atom is 0.351 e. The Labute approximate surface area is 158 Å². The Hall–Kier alpha value is -2.96. The van der Waals surface area contributed by atoms with Gasteiger partial charge in [-0.15, -0.1) is 0 Å². The minimum Gasteiger partial charge on any atom is -0.341 e. The van der Waals surface area contributed by atoms with E-state index in [0.717, 1.165) is 37.9 Å². The van der Waals surface area contributed by atoms with Crippen LogP contribution in [0.3, 0.4) is 0 Å². The molecule has 1 aliphatic heterocycles. The third-order valence-electron chi connectivity index (χ3n) is 5.14. The van der Waals surface area contributed by atoms with Crippen molar-refractivity contribution in [1.82, 2.24) is 15.0 Å². The first-order valence-electron chi connectivity index (χ1n) is 9.58. The first-order chi connectivity index (χ1) is 13.2. The van der Waals surface area contributed by atoms with Gasteiger partial charge in [-0.1, -0.05) is 37.3 Å². The molecule has 1 aromatic carbocycles. The lowest BCUT2D eigenvalue weighted by Crippen LogP contribution is -2.33. The monoisotopic (exact) mass is 364 g/mol. The van der Waals surface area contributed by atoms with Crippen molar-refractivity contribution in [2.24, 2.45) is 5.10 Å². The van der Waals surface area contributed by atoms with Crippen molar-refractivity contribution in [3.63, 3.8) is 0 Å². The molecule has 1 aliphatic carbocycles. The number of fused-ring (bicyclic) bond motifs is 1. The van der Waals surface area contributed by atoms with Gasteiger partial charge < -0.3 is 4.90 Å². The first-order valence-corrected chi connectivity index (χ1v) is 9.58. The molecular formula is C20H24N6O.